The number of benzene rings is 2. The van der Waals surface area contributed by atoms with E-state index in [1.54, 1.807) is 24.3 Å². The van der Waals surface area contributed by atoms with Crippen molar-refractivity contribution in [3.8, 4) is 5.75 Å². The Bertz CT molecular complexity index is 853. The Morgan fingerprint density at radius 1 is 1.04 bits per heavy atom. The fourth-order valence-corrected chi connectivity index (χ4v) is 2.23. The maximum Gasteiger partial charge on any atom is 0.269 e. The first-order valence-corrected chi connectivity index (χ1v) is 8.10. The second-order valence-corrected chi connectivity index (χ2v) is 5.71. The molecule has 0 radical (unpaired) electrons. The Morgan fingerprint density at radius 3 is 2.11 bits per heavy atom. The number of amides is 2. The first-order chi connectivity index (χ1) is 12.8. The van der Waals surface area contributed by atoms with E-state index in [-0.39, 0.29) is 29.2 Å². The predicted molar refractivity (Wildman–Crippen MR) is 104 cm³/mol. The second kappa shape index (κ2) is 9.25. The maximum atomic E-state index is 11.9. The zero-order chi connectivity index (χ0) is 19.8. The SMILES string of the molecule is CC(=O)NC(=S)Nc1ccc(NC(=O)COc2ccc([N+](=O)[O-])cc2)cc1. The van der Waals surface area contributed by atoms with Crippen molar-refractivity contribution in [1.29, 1.82) is 0 Å². The van der Waals surface area contributed by atoms with Gasteiger partial charge < -0.3 is 20.7 Å². The van der Waals surface area contributed by atoms with Crippen LogP contribution >= 0.6 is 12.2 Å². The van der Waals surface area contributed by atoms with Gasteiger partial charge in [-0.25, -0.2) is 0 Å². The highest BCUT2D eigenvalue weighted by Gasteiger charge is 2.07. The molecule has 0 aromatic heterocycles. The summed E-state index contributed by atoms with van der Waals surface area (Å²) in [5.74, 6) is -0.311. The third-order valence-electron chi connectivity index (χ3n) is 3.13. The van der Waals surface area contributed by atoms with Gasteiger partial charge in [-0.1, -0.05) is 0 Å². The third-order valence-corrected chi connectivity index (χ3v) is 3.34. The van der Waals surface area contributed by atoms with Gasteiger partial charge in [-0.3, -0.25) is 19.7 Å². The average Bonchev–Trinajstić information content (AvgIpc) is 2.61. The molecule has 0 saturated heterocycles. The van der Waals surface area contributed by atoms with Gasteiger partial charge in [0.25, 0.3) is 11.6 Å². The summed E-state index contributed by atoms with van der Waals surface area (Å²) >= 11 is 4.95. The molecule has 27 heavy (non-hydrogen) atoms. The fourth-order valence-electron chi connectivity index (χ4n) is 1.97. The van der Waals surface area contributed by atoms with Crippen LogP contribution in [-0.2, 0) is 9.59 Å². The number of ether oxygens (including phenoxy) is 1. The van der Waals surface area contributed by atoms with E-state index >= 15 is 0 Å². The molecule has 2 aromatic carbocycles. The Kier molecular flexibility index (Phi) is 6.78. The molecule has 0 bridgehead atoms. The molecule has 0 unspecified atom stereocenters. The lowest BCUT2D eigenvalue weighted by atomic mass is 10.3. The van der Waals surface area contributed by atoms with Crippen molar-refractivity contribution in [2.45, 2.75) is 6.92 Å². The number of hydrogen-bond acceptors (Lipinski definition) is 6. The van der Waals surface area contributed by atoms with E-state index in [9.17, 15) is 19.7 Å². The standard InChI is InChI=1S/C17H16N4O5S/c1-11(22)18-17(27)20-13-4-2-12(3-5-13)19-16(23)10-26-15-8-6-14(7-9-15)21(24)25/h2-9H,10H2,1H3,(H,19,23)(H2,18,20,22,27). The molecule has 0 aliphatic heterocycles. The highest BCUT2D eigenvalue weighted by atomic mass is 32.1. The van der Waals surface area contributed by atoms with Crippen LogP contribution in [0.25, 0.3) is 0 Å². The number of nitro groups is 1. The van der Waals surface area contributed by atoms with Gasteiger partial charge in [0.15, 0.2) is 11.7 Å². The van der Waals surface area contributed by atoms with Crippen LogP contribution in [0.5, 0.6) is 5.75 Å². The number of anilines is 2. The Hall–Kier alpha value is -3.53. The minimum atomic E-state index is -0.516. The lowest BCUT2D eigenvalue weighted by Gasteiger charge is -2.10. The topological polar surface area (TPSA) is 123 Å². The van der Waals surface area contributed by atoms with Gasteiger partial charge in [0.2, 0.25) is 5.91 Å². The van der Waals surface area contributed by atoms with Crippen molar-refractivity contribution in [2.75, 3.05) is 17.2 Å². The summed E-state index contributed by atoms with van der Waals surface area (Å²) in [6.45, 7) is 1.11. The van der Waals surface area contributed by atoms with Crippen molar-refractivity contribution in [1.82, 2.24) is 5.32 Å². The number of nitrogens with one attached hydrogen (secondary N) is 3. The van der Waals surface area contributed by atoms with Gasteiger partial charge in [0, 0.05) is 30.4 Å². The number of nitrogens with zero attached hydrogens (tertiary/aromatic N) is 1. The Morgan fingerprint density at radius 2 is 1.59 bits per heavy atom. The van der Waals surface area contributed by atoms with Gasteiger partial charge in [0.1, 0.15) is 5.75 Å². The van der Waals surface area contributed by atoms with Crippen LogP contribution in [-0.4, -0.2) is 28.5 Å². The highest BCUT2D eigenvalue weighted by Crippen LogP contribution is 2.17. The lowest BCUT2D eigenvalue weighted by Crippen LogP contribution is -2.32. The summed E-state index contributed by atoms with van der Waals surface area (Å²) in [5.41, 5.74) is 1.13. The lowest BCUT2D eigenvalue weighted by molar-refractivity contribution is -0.384. The summed E-state index contributed by atoms with van der Waals surface area (Å²) < 4.78 is 5.28. The van der Waals surface area contributed by atoms with Crippen molar-refractivity contribution in [2.24, 2.45) is 0 Å². The van der Waals surface area contributed by atoms with E-state index < -0.39 is 4.92 Å². The van der Waals surface area contributed by atoms with E-state index in [0.717, 1.165) is 0 Å². The number of carbonyl (C=O) groups excluding carboxylic acids is 2. The number of hydrogen-bond donors (Lipinski definition) is 3. The van der Waals surface area contributed by atoms with Crippen LogP contribution in [0, 0.1) is 10.1 Å². The third kappa shape index (κ3) is 6.71. The number of rotatable bonds is 6. The smallest absolute Gasteiger partial charge is 0.269 e. The van der Waals surface area contributed by atoms with E-state index in [1.165, 1.54) is 31.2 Å². The molecule has 0 aliphatic rings. The largest absolute Gasteiger partial charge is 0.484 e. The van der Waals surface area contributed by atoms with Crippen LogP contribution < -0.4 is 20.7 Å². The molecule has 0 saturated carbocycles. The molecule has 10 heteroatoms. The fraction of sp³-hybridized carbons (Fsp3) is 0.118. The van der Waals surface area contributed by atoms with E-state index in [4.69, 9.17) is 17.0 Å². The van der Waals surface area contributed by atoms with Crippen LogP contribution in [0.4, 0.5) is 17.1 Å². The van der Waals surface area contributed by atoms with Gasteiger partial charge in [-0.05, 0) is 48.6 Å². The van der Waals surface area contributed by atoms with E-state index in [2.05, 4.69) is 16.0 Å². The molecule has 0 aliphatic carbocycles. The van der Waals surface area contributed by atoms with Crippen LogP contribution in [0.2, 0.25) is 0 Å². The van der Waals surface area contributed by atoms with Gasteiger partial charge in [-0.15, -0.1) is 0 Å². The predicted octanol–water partition coefficient (Wildman–Crippen LogP) is 2.45. The average molecular weight is 388 g/mol. The summed E-state index contributed by atoms with van der Waals surface area (Å²) in [4.78, 5) is 32.9. The number of nitro benzene ring substituents is 1. The quantitative estimate of drug-likeness (QED) is 0.395. The number of thiocarbonyl (C=S) groups is 1. The van der Waals surface area contributed by atoms with Crippen molar-refractivity contribution < 1.29 is 19.2 Å². The summed E-state index contributed by atoms with van der Waals surface area (Å²) in [7, 11) is 0. The van der Waals surface area contributed by atoms with Crippen molar-refractivity contribution >= 4 is 46.2 Å². The molecule has 0 fully saturated rings. The van der Waals surface area contributed by atoms with E-state index in [1.807, 2.05) is 0 Å². The molecule has 0 heterocycles. The molecule has 3 N–H and O–H groups in total. The highest BCUT2D eigenvalue weighted by molar-refractivity contribution is 7.80. The van der Waals surface area contributed by atoms with Gasteiger partial charge >= 0.3 is 0 Å². The molecule has 2 amide bonds. The van der Waals surface area contributed by atoms with Gasteiger partial charge in [-0.2, -0.15) is 0 Å². The second-order valence-electron chi connectivity index (χ2n) is 5.30. The van der Waals surface area contributed by atoms with Crippen molar-refractivity contribution in [3.63, 3.8) is 0 Å². The summed E-state index contributed by atoms with van der Waals surface area (Å²) in [6, 6.07) is 12.1. The number of non-ortho nitro benzene ring substituents is 1. The maximum absolute atomic E-state index is 11.9. The molecule has 0 atom stereocenters. The molecule has 2 rings (SSSR count). The van der Waals surface area contributed by atoms with Gasteiger partial charge in [0.05, 0.1) is 4.92 Å². The molecule has 140 valence electrons. The Labute approximate surface area is 159 Å². The van der Waals surface area contributed by atoms with Crippen LogP contribution in [0.15, 0.2) is 48.5 Å². The first kappa shape index (κ1) is 19.8. The summed E-state index contributed by atoms with van der Waals surface area (Å²) in [5, 5.41) is 18.7. The van der Waals surface area contributed by atoms with Crippen LogP contribution in [0.3, 0.4) is 0 Å². The molecule has 2 aromatic rings. The number of carbonyl (C=O) groups is 2. The zero-order valence-corrected chi connectivity index (χ0v) is 15.0. The minimum Gasteiger partial charge on any atom is -0.484 e. The molecular formula is C17H16N4O5S. The zero-order valence-electron chi connectivity index (χ0n) is 14.2. The first-order valence-electron chi connectivity index (χ1n) is 7.69. The van der Waals surface area contributed by atoms with Crippen LogP contribution in [0.1, 0.15) is 6.92 Å². The van der Waals surface area contributed by atoms with Crippen molar-refractivity contribution in [3.05, 3.63) is 58.6 Å². The minimum absolute atomic E-state index is 0.0570. The normalized spacial score (nSPS) is 9.81. The molecular weight excluding hydrogens is 372 g/mol. The summed E-state index contributed by atoms with van der Waals surface area (Å²) in [6.07, 6.45) is 0. The van der Waals surface area contributed by atoms with E-state index in [0.29, 0.717) is 17.1 Å². The monoisotopic (exact) mass is 388 g/mol. The molecule has 0 spiro atoms. The molecule has 9 nitrogen and oxygen atoms in total. The Balaban J connectivity index is 1.82.